The lowest BCUT2D eigenvalue weighted by molar-refractivity contribution is -0.131. The van der Waals surface area contributed by atoms with Gasteiger partial charge in [0.25, 0.3) is 0 Å². The van der Waals surface area contributed by atoms with E-state index in [0.29, 0.717) is 6.54 Å². The summed E-state index contributed by atoms with van der Waals surface area (Å²) in [4.78, 5) is 33.9. The largest absolute Gasteiger partial charge is 0.444 e. The maximum atomic E-state index is 12.5. The fourth-order valence-corrected chi connectivity index (χ4v) is 3.04. The van der Waals surface area contributed by atoms with Gasteiger partial charge in [0.15, 0.2) is 0 Å². The molecule has 2 heterocycles. The molecule has 1 atom stereocenters. The summed E-state index contributed by atoms with van der Waals surface area (Å²) in [5, 5.41) is 2.53. The fraction of sp³-hybridized carbons (Fsp3) is 0.500. The standard InChI is InChI=1S/C18H24N4O3/c1-18(2,3)25-17(24)19-11-15(23)22-10-6-9-14(22)16-20-12-7-4-5-8-13(12)21-16/h4-5,7-8,14H,6,9-11H2,1-3H3,(H,19,24)(H,20,21)/t14-/m1/s1. The Morgan fingerprint density at radius 2 is 2.12 bits per heavy atom. The monoisotopic (exact) mass is 344 g/mol. The highest BCUT2D eigenvalue weighted by molar-refractivity contribution is 5.83. The van der Waals surface area contributed by atoms with E-state index >= 15 is 0 Å². The molecule has 0 saturated carbocycles. The Morgan fingerprint density at radius 3 is 2.84 bits per heavy atom. The number of amides is 2. The molecular formula is C18H24N4O3. The highest BCUT2D eigenvalue weighted by atomic mass is 16.6. The highest BCUT2D eigenvalue weighted by Crippen LogP contribution is 2.31. The number of carbonyl (C=O) groups is 2. The minimum Gasteiger partial charge on any atom is -0.444 e. The predicted octanol–water partition coefficient (Wildman–Crippen LogP) is 2.75. The summed E-state index contributed by atoms with van der Waals surface area (Å²) >= 11 is 0. The third-order valence-electron chi connectivity index (χ3n) is 4.08. The van der Waals surface area contributed by atoms with Crippen LogP contribution in [0.2, 0.25) is 0 Å². The maximum Gasteiger partial charge on any atom is 0.408 e. The molecule has 1 aliphatic heterocycles. The van der Waals surface area contributed by atoms with Crippen LogP contribution in [0, 0.1) is 0 Å². The SMILES string of the molecule is CC(C)(C)OC(=O)NCC(=O)N1CCC[C@@H]1c1nc2ccccc2[nH]1. The molecule has 0 radical (unpaired) electrons. The number of aromatic amines is 1. The molecule has 0 spiro atoms. The van der Waals surface area contributed by atoms with Crippen molar-refractivity contribution in [1.29, 1.82) is 0 Å². The molecule has 1 aliphatic rings. The second kappa shape index (κ2) is 6.74. The normalized spacial score (nSPS) is 17.7. The van der Waals surface area contributed by atoms with Gasteiger partial charge in [0.2, 0.25) is 5.91 Å². The molecule has 7 nitrogen and oxygen atoms in total. The lowest BCUT2D eigenvalue weighted by atomic mass is 10.2. The number of aromatic nitrogens is 2. The molecular weight excluding hydrogens is 320 g/mol. The third kappa shape index (κ3) is 4.10. The number of imidazole rings is 1. The van der Waals surface area contributed by atoms with Crippen LogP contribution in [0.25, 0.3) is 11.0 Å². The van der Waals surface area contributed by atoms with E-state index in [2.05, 4.69) is 15.3 Å². The van der Waals surface area contributed by atoms with E-state index in [1.807, 2.05) is 24.3 Å². The van der Waals surface area contributed by atoms with E-state index < -0.39 is 11.7 Å². The van der Waals surface area contributed by atoms with Crippen LogP contribution < -0.4 is 5.32 Å². The van der Waals surface area contributed by atoms with Crippen molar-refractivity contribution in [2.24, 2.45) is 0 Å². The van der Waals surface area contributed by atoms with E-state index in [9.17, 15) is 9.59 Å². The molecule has 2 N–H and O–H groups in total. The number of para-hydroxylation sites is 2. The van der Waals surface area contributed by atoms with E-state index in [1.165, 1.54) is 0 Å². The van der Waals surface area contributed by atoms with Gasteiger partial charge in [-0.25, -0.2) is 9.78 Å². The maximum absolute atomic E-state index is 12.5. The Morgan fingerprint density at radius 1 is 1.36 bits per heavy atom. The number of hydrogen-bond acceptors (Lipinski definition) is 4. The number of fused-ring (bicyclic) bond motifs is 1. The Labute approximate surface area is 146 Å². The summed E-state index contributed by atoms with van der Waals surface area (Å²) in [6.45, 7) is 5.94. The fourth-order valence-electron chi connectivity index (χ4n) is 3.04. The zero-order valence-corrected chi connectivity index (χ0v) is 14.8. The van der Waals surface area contributed by atoms with Gasteiger partial charge in [-0.05, 0) is 45.7 Å². The van der Waals surface area contributed by atoms with Crippen molar-refractivity contribution in [3.63, 3.8) is 0 Å². The molecule has 1 aromatic carbocycles. The van der Waals surface area contributed by atoms with Gasteiger partial charge in [-0.3, -0.25) is 4.79 Å². The van der Waals surface area contributed by atoms with Crippen LogP contribution in [0.15, 0.2) is 24.3 Å². The summed E-state index contributed by atoms with van der Waals surface area (Å²) in [5.41, 5.74) is 1.27. The average Bonchev–Trinajstić information content (AvgIpc) is 3.16. The second-order valence-corrected chi connectivity index (χ2v) is 7.24. The molecule has 1 aromatic heterocycles. The van der Waals surface area contributed by atoms with Gasteiger partial charge >= 0.3 is 6.09 Å². The number of carbonyl (C=O) groups excluding carboxylic acids is 2. The van der Waals surface area contributed by atoms with Crippen molar-refractivity contribution >= 4 is 23.0 Å². The molecule has 134 valence electrons. The molecule has 25 heavy (non-hydrogen) atoms. The Kier molecular flexibility index (Phi) is 4.65. The van der Waals surface area contributed by atoms with Gasteiger partial charge in [0.05, 0.1) is 17.1 Å². The number of benzene rings is 1. The first-order valence-electron chi connectivity index (χ1n) is 8.54. The van der Waals surface area contributed by atoms with Crippen molar-refractivity contribution in [1.82, 2.24) is 20.2 Å². The van der Waals surface area contributed by atoms with Crippen LogP contribution in [0.4, 0.5) is 4.79 Å². The lowest BCUT2D eigenvalue weighted by Crippen LogP contribution is -2.41. The summed E-state index contributed by atoms with van der Waals surface area (Å²) in [5.74, 6) is 0.665. The smallest absolute Gasteiger partial charge is 0.408 e. The van der Waals surface area contributed by atoms with Crippen LogP contribution in [0.5, 0.6) is 0 Å². The number of rotatable bonds is 3. The first kappa shape index (κ1) is 17.3. The van der Waals surface area contributed by atoms with E-state index in [1.54, 1.807) is 25.7 Å². The number of H-pyrrole nitrogens is 1. The lowest BCUT2D eigenvalue weighted by Gasteiger charge is -2.24. The van der Waals surface area contributed by atoms with Crippen LogP contribution in [0.1, 0.15) is 45.5 Å². The van der Waals surface area contributed by atoms with Crippen molar-refractivity contribution < 1.29 is 14.3 Å². The summed E-state index contributed by atoms with van der Waals surface area (Å²) < 4.78 is 5.16. The van der Waals surface area contributed by atoms with Crippen molar-refractivity contribution in [3.05, 3.63) is 30.1 Å². The van der Waals surface area contributed by atoms with Crippen molar-refractivity contribution in [2.75, 3.05) is 13.1 Å². The number of hydrogen-bond donors (Lipinski definition) is 2. The molecule has 0 unspecified atom stereocenters. The summed E-state index contributed by atoms with van der Waals surface area (Å²) in [7, 11) is 0. The molecule has 1 fully saturated rings. The third-order valence-corrected chi connectivity index (χ3v) is 4.08. The molecule has 1 saturated heterocycles. The number of alkyl carbamates (subject to hydrolysis) is 1. The van der Waals surface area contributed by atoms with E-state index in [0.717, 1.165) is 29.7 Å². The van der Waals surface area contributed by atoms with Crippen LogP contribution >= 0.6 is 0 Å². The quantitative estimate of drug-likeness (QED) is 0.896. The molecule has 3 rings (SSSR count). The zero-order valence-electron chi connectivity index (χ0n) is 14.8. The molecule has 7 heteroatoms. The molecule has 2 amide bonds. The predicted molar refractivity (Wildman–Crippen MR) is 94.0 cm³/mol. The van der Waals surface area contributed by atoms with E-state index in [-0.39, 0.29) is 18.5 Å². The van der Waals surface area contributed by atoms with Gasteiger partial charge in [0, 0.05) is 6.54 Å². The van der Waals surface area contributed by atoms with Gasteiger partial charge in [-0.2, -0.15) is 0 Å². The van der Waals surface area contributed by atoms with Gasteiger partial charge < -0.3 is 19.9 Å². The van der Waals surface area contributed by atoms with Crippen LogP contribution in [-0.2, 0) is 9.53 Å². The Bertz CT molecular complexity index is 745. The zero-order chi connectivity index (χ0) is 18.0. The first-order chi connectivity index (χ1) is 11.8. The molecule has 0 bridgehead atoms. The van der Waals surface area contributed by atoms with E-state index in [4.69, 9.17) is 4.74 Å². The minimum atomic E-state index is -0.586. The van der Waals surface area contributed by atoms with Crippen LogP contribution in [-0.4, -0.2) is 45.6 Å². The van der Waals surface area contributed by atoms with Gasteiger partial charge in [-0.15, -0.1) is 0 Å². The highest BCUT2D eigenvalue weighted by Gasteiger charge is 2.32. The summed E-state index contributed by atoms with van der Waals surface area (Å²) in [6.07, 6.45) is 1.19. The number of likely N-dealkylation sites (tertiary alicyclic amines) is 1. The second-order valence-electron chi connectivity index (χ2n) is 7.24. The van der Waals surface area contributed by atoms with Crippen molar-refractivity contribution in [2.45, 2.75) is 45.3 Å². The van der Waals surface area contributed by atoms with Gasteiger partial charge in [-0.1, -0.05) is 12.1 Å². The molecule has 0 aliphatic carbocycles. The van der Waals surface area contributed by atoms with Crippen molar-refractivity contribution in [3.8, 4) is 0 Å². The topological polar surface area (TPSA) is 87.3 Å². The minimum absolute atomic E-state index is 0.0777. The molecule has 2 aromatic rings. The van der Waals surface area contributed by atoms with Crippen LogP contribution in [0.3, 0.4) is 0 Å². The first-order valence-corrected chi connectivity index (χ1v) is 8.54. The average molecular weight is 344 g/mol. The number of nitrogens with zero attached hydrogens (tertiary/aromatic N) is 2. The van der Waals surface area contributed by atoms with Gasteiger partial charge in [0.1, 0.15) is 18.0 Å². The Balaban J connectivity index is 1.64. The number of nitrogens with one attached hydrogen (secondary N) is 2. The summed E-state index contributed by atoms with van der Waals surface area (Å²) in [6, 6.07) is 7.72. The number of ether oxygens (including phenoxy) is 1. The Hall–Kier alpha value is -2.57.